The fourth-order valence-electron chi connectivity index (χ4n) is 3.23. The van der Waals surface area contributed by atoms with Crippen LogP contribution in [0, 0.1) is 0 Å². The van der Waals surface area contributed by atoms with Crippen molar-refractivity contribution in [2.24, 2.45) is 0 Å². The molecule has 8 heteroatoms. The van der Waals surface area contributed by atoms with Gasteiger partial charge < -0.3 is 14.5 Å². The van der Waals surface area contributed by atoms with Crippen LogP contribution in [0.1, 0.15) is 10.5 Å². The van der Waals surface area contributed by atoms with E-state index in [1.165, 1.54) is 0 Å². The van der Waals surface area contributed by atoms with E-state index in [1.54, 1.807) is 29.1 Å². The van der Waals surface area contributed by atoms with Gasteiger partial charge in [0.2, 0.25) is 0 Å². The van der Waals surface area contributed by atoms with Gasteiger partial charge in [-0.2, -0.15) is 5.10 Å². The predicted octanol–water partition coefficient (Wildman–Crippen LogP) is 4.19. The van der Waals surface area contributed by atoms with Crippen LogP contribution in [0.15, 0.2) is 60.8 Å². The number of amides is 1. The number of rotatable bonds is 5. The number of anilines is 1. The lowest BCUT2D eigenvalue weighted by Gasteiger charge is -2.35. The molecule has 6 nitrogen and oxygen atoms in total. The van der Waals surface area contributed by atoms with Crippen LogP contribution in [0.5, 0.6) is 5.75 Å². The fourth-order valence-corrected chi connectivity index (χ4v) is 3.54. The molecule has 1 aromatic heterocycles. The summed E-state index contributed by atoms with van der Waals surface area (Å²) in [6.45, 7) is 3.00. The summed E-state index contributed by atoms with van der Waals surface area (Å²) in [5.41, 5.74) is 1.52. The maximum absolute atomic E-state index is 12.8. The van der Waals surface area contributed by atoms with Gasteiger partial charge in [0.1, 0.15) is 5.75 Å². The van der Waals surface area contributed by atoms with E-state index in [4.69, 9.17) is 27.9 Å². The van der Waals surface area contributed by atoms with Gasteiger partial charge in [0.05, 0.1) is 5.02 Å². The maximum atomic E-state index is 12.8. The van der Waals surface area contributed by atoms with Crippen LogP contribution in [0.2, 0.25) is 10.0 Å². The molecule has 0 saturated carbocycles. The minimum atomic E-state index is -0.0720. The molecule has 0 N–H and O–H groups in total. The van der Waals surface area contributed by atoms with Crippen molar-refractivity contribution < 1.29 is 9.53 Å². The van der Waals surface area contributed by atoms with Crippen molar-refractivity contribution in [3.8, 4) is 5.75 Å². The van der Waals surface area contributed by atoms with Crippen molar-refractivity contribution >= 4 is 34.8 Å². The van der Waals surface area contributed by atoms with E-state index in [0.29, 0.717) is 29.6 Å². The standard InChI is InChI=1S/C21H20Cl2N4O2/c22-16-5-7-17(8-6-16)25-11-13-26(14-12-25)21(28)19-9-10-27(24-19)15-29-20-4-2-1-3-18(20)23/h1-10H,11-15H2. The molecular formula is C21H20Cl2N4O2. The molecule has 0 unspecified atom stereocenters. The quantitative estimate of drug-likeness (QED) is 0.608. The lowest BCUT2D eigenvalue weighted by Crippen LogP contribution is -2.48. The molecular weight excluding hydrogens is 411 g/mol. The van der Waals surface area contributed by atoms with Crippen LogP contribution in [-0.4, -0.2) is 46.8 Å². The predicted molar refractivity (Wildman–Crippen MR) is 114 cm³/mol. The van der Waals surface area contributed by atoms with Gasteiger partial charge in [-0.15, -0.1) is 0 Å². The van der Waals surface area contributed by atoms with Crippen LogP contribution in [0.4, 0.5) is 5.69 Å². The minimum Gasteiger partial charge on any atom is -0.470 e. The van der Waals surface area contributed by atoms with E-state index in [-0.39, 0.29) is 12.6 Å². The Labute approximate surface area is 179 Å². The third-order valence-electron chi connectivity index (χ3n) is 4.81. The number of ether oxygens (including phenoxy) is 1. The molecule has 1 saturated heterocycles. The molecule has 0 aliphatic carbocycles. The third kappa shape index (κ3) is 4.66. The highest BCUT2D eigenvalue weighted by molar-refractivity contribution is 6.32. The van der Waals surface area contributed by atoms with Gasteiger partial charge in [-0.1, -0.05) is 35.3 Å². The Morgan fingerprint density at radius 1 is 0.966 bits per heavy atom. The van der Waals surface area contributed by atoms with Gasteiger partial charge in [-0.05, 0) is 42.5 Å². The molecule has 4 rings (SSSR count). The number of benzene rings is 2. The number of hydrogen-bond donors (Lipinski definition) is 0. The van der Waals surface area contributed by atoms with Gasteiger partial charge in [-0.25, -0.2) is 4.68 Å². The molecule has 0 spiro atoms. The first-order chi connectivity index (χ1) is 14.1. The second-order valence-corrected chi connectivity index (χ2v) is 7.54. The first-order valence-corrected chi connectivity index (χ1v) is 10.1. The lowest BCUT2D eigenvalue weighted by molar-refractivity contribution is 0.0738. The molecule has 2 aromatic carbocycles. The van der Waals surface area contributed by atoms with Crippen LogP contribution in [0.3, 0.4) is 0 Å². The Bertz CT molecular complexity index is 982. The number of carbonyl (C=O) groups is 1. The number of aromatic nitrogens is 2. The highest BCUT2D eigenvalue weighted by atomic mass is 35.5. The van der Waals surface area contributed by atoms with Crippen LogP contribution in [-0.2, 0) is 6.73 Å². The van der Waals surface area contributed by atoms with E-state index in [1.807, 2.05) is 41.3 Å². The number of carbonyl (C=O) groups excluding carboxylic acids is 1. The Balaban J connectivity index is 1.32. The number of nitrogens with zero attached hydrogens (tertiary/aromatic N) is 4. The van der Waals surface area contributed by atoms with Crippen molar-refractivity contribution in [2.45, 2.75) is 6.73 Å². The fraction of sp³-hybridized carbons (Fsp3) is 0.238. The lowest BCUT2D eigenvalue weighted by atomic mass is 10.2. The Morgan fingerprint density at radius 3 is 2.41 bits per heavy atom. The molecule has 29 heavy (non-hydrogen) atoms. The van der Waals surface area contributed by atoms with Gasteiger partial charge >= 0.3 is 0 Å². The molecule has 1 aliphatic heterocycles. The Kier molecular flexibility index (Phi) is 5.92. The molecule has 1 aliphatic rings. The Hall–Kier alpha value is -2.70. The monoisotopic (exact) mass is 430 g/mol. The van der Waals surface area contributed by atoms with E-state index in [0.717, 1.165) is 23.8 Å². The molecule has 1 fully saturated rings. The van der Waals surface area contributed by atoms with E-state index >= 15 is 0 Å². The topological polar surface area (TPSA) is 50.6 Å². The van der Waals surface area contributed by atoms with Crippen molar-refractivity contribution in [3.05, 3.63) is 76.5 Å². The van der Waals surface area contributed by atoms with Gasteiger partial charge in [0.25, 0.3) is 5.91 Å². The summed E-state index contributed by atoms with van der Waals surface area (Å²) in [7, 11) is 0. The minimum absolute atomic E-state index is 0.0720. The zero-order valence-corrected chi connectivity index (χ0v) is 17.2. The summed E-state index contributed by atoms with van der Waals surface area (Å²) in [4.78, 5) is 16.9. The average Bonchev–Trinajstić information content (AvgIpc) is 3.22. The van der Waals surface area contributed by atoms with Crippen molar-refractivity contribution in [2.75, 3.05) is 31.1 Å². The second-order valence-electron chi connectivity index (χ2n) is 6.70. The SMILES string of the molecule is O=C(c1ccn(COc2ccccc2Cl)n1)N1CCN(c2ccc(Cl)cc2)CC1. The average molecular weight is 431 g/mol. The van der Waals surface area contributed by atoms with Gasteiger partial charge in [0, 0.05) is 43.1 Å². The summed E-state index contributed by atoms with van der Waals surface area (Å²) in [5.74, 6) is 0.508. The number of hydrogen-bond acceptors (Lipinski definition) is 4. The van der Waals surface area contributed by atoms with Crippen molar-refractivity contribution in [1.29, 1.82) is 0 Å². The first-order valence-electron chi connectivity index (χ1n) is 9.31. The molecule has 150 valence electrons. The number of halogens is 2. The zero-order valence-electron chi connectivity index (χ0n) is 15.7. The second kappa shape index (κ2) is 8.76. The smallest absolute Gasteiger partial charge is 0.274 e. The molecule has 0 bridgehead atoms. The highest BCUT2D eigenvalue weighted by Gasteiger charge is 2.23. The Morgan fingerprint density at radius 2 is 1.69 bits per heavy atom. The normalized spacial score (nSPS) is 14.1. The zero-order chi connectivity index (χ0) is 20.2. The first kappa shape index (κ1) is 19.6. The molecule has 3 aromatic rings. The summed E-state index contributed by atoms with van der Waals surface area (Å²) in [6, 6.07) is 16.7. The largest absolute Gasteiger partial charge is 0.470 e. The summed E-state index contributed by atoms with van der Waals surface area (Å²) >= 11 is 12.0. The van der Waals surface area contributed by atoms with Gasteiger partial charge in [0.15, 0.2) is 12.4 Å². The molecule has 0 atom stereocenters. The maximum Gasteiger partial charge on any atom is 0.274 e. The summed E-state index contributed by atoms with van der Waals surface area (Å²) < 4.78 is 7.24. The van der Waals surface area contributed by atoms with E-state index in [9.17, 15) is 4.79 Å². The summed E-state index contributed by atoms with van der Waals surface area (Å²) in [6.07, 6.45) is 1.73. The van der Waals surface area contributed by atoms with Gasteiger partial charge in [-0.3, -0.25) is 4.79 Å². The molecule has 2 heterocycles. The van der Waals surface area contributed by atoms with Crippen LogP contribution in [0.25, 0.3) is 0 Å². The third-order valence-corrected chi connectivity index (χ3v) is 5.37. The molecule has 0 radical (unpaired) electrons. The number of piperazine rings is 1. The molecule has 1 amide bonds. The summed E-state index contributed by atoms with van der Waals surface area (Å²) in [5, 5.41) is 5.60. The van der Waals surface area contributed by atoms with Crippen molar-refractivity contribution in [1.82, 2.24) is 14.7 Å². The number of para-hydroxylation sites is 1. The van der Waals surface area contributed by atoms with Crippen LogP contribution < -0.4 is 9.64 Å². The van der Waals surface area contributed by atoms with Crippen LogP contribution >= 0.6 is 23.2 Å². The van der Waals surface area contributed by atoms with E-state index < -0.39 is 0 Å². The van der Waals surface area contributed by atoms with Crippen molar-refractivity contribution in [3.63, 3.8) is 0 Å². The highest BCUT2D eigenvalue weighted by Crippen LogP contribution is 2.23. The van der Waals surface area contributed by atoms with E-state index in [2.05, 4.69) is 10.00 Å².